The number of nitrogens with one attached hydrogen (secondary N) is 1. The molecule has 1 aliphatic rings. The molecule has 1 aliphatic heterocycles. The van der Waals surface area contributed by atoms with Gasteiger partial charge in [0.1, 0.15) is 5.82 Å². The van der Waals surface area contributed by atoms with E-state index in [1.165, 1.54) is 25.0 Å². The molecular formula is C20H28FN5O. The average Bonchev–Trinajstić information content (AvgIpc) is 3.15. The number of hydrogen-bond donors (Lipinski definition) is 1. The van der Waals surface area contributed by atoms with Gasteiger partial charge in [-0.15, -0.1) is 5.10 Å². The fourth-order valence-electron chi connectivity index (χ4n) is 3.55. The predicted octanol–water partition coefficient (Wildman–Crippen LogP) is 2.88. The van der Waals surface area contributed by atoms with Crippen LogP contribution in [0.4, 0.5) is 4.39 Å². The van der Waals surface area contributed by atoms with Crippen LogP contribution < -0.4 is 5.32 Å². The van der Waals surface area contributed by atoms with Crippen molar-refractivity contribution in [3.63, 3.8) is 0 Å². The van der Waals surface area contributed by atoms with Crippen molar-refractivity contribution in [3.05, 3.63) is 47.5 Å². The molecule has 7 heteroatoms. The van der Waals surface area contributed by atoms with Gasteiger partial charge in [0, 0.05) is 13.1 Å². The molecule has 1 saturated heterocycles. The molecule has 0 radical (unpaired) electrons. The second-order valence-electron chi connectivity index (χ2n) is 7.47. The number of rotatable bonds is 7. The molecule has 6 nitrogen and oxygen atoms in total. The first-order valence-corrected chi connectivity index (χ1v) is 9.71. The second-order valence-corrected chi connectivity index (χ2v) is 7.47. The highest BCUT2D eigenvalue weighted by Gasteiger charge is 2.17. The maximum Gasteiger partial charge on any atom is 0.273 e. The molecule has 1 fully saturated rings. The van der Waals surface area contributed by atoms with Crippen LogP contribution in [0.2, 0.25) is 0 Å². The van der Waals surface area contributed by atoms with E-state index in [9.17, 15) is 9.18 Å². The van der Waals surface area contributed by atoms with E-state index in [1.807, 2.05) is 6.92 Å². The van der Waals surface area contributed by atoms with Crippen molar-refractivity contribution in [2.75, 3.05) is 26.2 Å². The molecule has 1 N–H and O–H groups in total. The predicted molar refractivity (Wildman–Crippen MR) is 102 cm³/mol. The molecule has 1 aromatic heterocycles. The maximum atomic E-state index is 13.1. The van der Waals surface area contributed by atoms with Crippen molar-refractivity contribution in [2.45, 2.75) is 39.2 Å². The van der Waals surface area contributed by atoms with Crippen LogP contribution in [-0.4, -0.2) is 52.0 Å². The van der Waals surface area contributed by atoms with E-state index in [0.29, 0.717) is 12.2 Å². The number of hydrogen-bond acceptors (Lipinski definition) is 4. The summed E-state index contributed by atoms with van der Waals surface area (Å²) in [7, 11) is 0. The van der Waals surface area contributed by atoms with E-state index < -0.39 is 0 Å². The molecule has 1 aromatic carbocycles. The van der Waals surface area contributed by atoms with E-state index in [-0.39, 0.29) is 17.8 Å². The minimum atomic E-state index is -0.274. The van der Waals surface area contributed by atoms with E-state index in [2.05, 4.69) is 27.5 Å². The van der Waals surface area contributed by atoms with E-state index in [1.54, 1.807) is 23.0 Å². The molecule has 2 heterocycles. The van der Waals surface area contributed by atoms with Crippen LogP contribution in [0, 0.1) is 11.7 Å². The first-order chi connectivity index (χ1) is 13.0. The fraction of sp³-hybridized carbons (Fsp3) is 0.550. The summed E-state index contributed by atoms with van der Waals surface area (Å²) in [6.45, 7) is 8.19. The minimum absolute atomic E-state index is 0.124. The molecule has 27 heavy (non-hydrogen) atoms. The summed E-state index contributed by atoms with van der Waals surface area (Å²) in [4.78, 5) is 14.7. The van der Waals surface area contributed by atoms with Crippen LogP contribution in [-0.2, 0) is 0 Å². The Labute approximate surface area is 159 Å². The summed E-state index contributed by atoms with van der Waals surface area (Å²) in [6, 6.07) is 6.13. The fourth-order valence-corrected chi connectivity index (χ4v) is 3.55. The second kappa shape index (κ2) is 9.08. The third-order valence-corrected chi connectivity index (χ3v) is 5.17. The normalized spacial score (nSPS) is 19.0. The molecule has 1 amide bonds. The minimum Gasteiger partial charge on any atom is -0.351 e. The van der Waals surface area contributed by atoms with Crippen LogP contribution in [0.15, 0.2) is 30.5 Å². The van der Waals surface area contributed by atoms with Gasteiger partial charge < -0.3 is 10.2 Å². The lowest BCUT2D eigenvalue weighted by Crippen LogP contribution is -2.36. The van der Waals surface area contributed by atoms with E-state index in [0.717, 1.165) is 37.5 Å². The summed E-state index contributed by atoms with van der Waals surface area (Å²) in [5.41, 5.74) is 1.21. The van der Waals surface area contributed by atoms with Crippen molar-refractivity contribution < 1.29 is 9.18 Å². The first-order valence-electron chi connectivity index (χ1n) is 9.71. The molecule has 2 atom stereocenters. The zero-order chi connectivity index (χ0) is 19.2. The molecule has 3 rings (SSSR count). The van der Waals surface area contributed by atoms with Gasteiger partial charge in [0.15, 0.2) is 5.69 Å². The van der Waals surface area contributed by atoms with Gasteiger partial charge in [-0.05, 0) is 62.9 Å². The molecule has 2 aromatic rings. The van der Waals surface area contributed by atoms with Crippen LogP contribution in [0.1, 0.15) is 55.2 Å². The molecule has 2 unspecified atom stereocenters. The number of carbonyl (C=O) groups is 1. The van der Waals surface area contributed by atoms with Gasteiger partial charge in [0.25, 0.3) is 5.91 Å². The van der Waals surface area contributed by atoms with Gasteiger partial charge >= 0.3 is 0 Å². The molecule has 0 spiro atoms. The smallest absolute Gasteiger partial charge is 0.273 e. The average molecular weight is 373 g/mol. The SMILES string of the molecule is CC1CCCN(CCCNC(=O)c2cn(C(C)c3ccc(F)cc3)nn2)C1. The highest BCUT2D eigenvalue weighted by molar-refractivity contribution is 5.91. The number of aromatic nitrogens is 3. The van der Waals surface area contributed by atoms with E-state index >= 15 is 0 Å². The summed E-state index contributed by atoms with van der Waals surface area (Å²) in [5.74, 6) is 0.287. The van der Waals surface area contributed by atoms with Crippen molar-refractivity contribution in [1.29, 1.82) is 0 Å². The summed E-state index contributed by atoms with van der Waals surface area (Å²) in [6.07, 6.45) is 5.15. The Morgan fingerprint density at radius 2 is 2.15 bits per heavy atom. The van der Waals surface area contributed by atoms with Crippen LogP contribution in [0.3, 0.4) is 0 Å². The van der Waals surface area contributed by atoms with Crippen LogP contribution in [0.5, 0.6) is 0 Å². The van der Waals surface area contributed by atoms with E-state index in [4.69, 9.17) is 0 Å². The lowest BCUT2D eigenvalue weighted by molar-refractivity contribution is 0.0945. The highest BCUT2D eigenvalue weighted by atomic mass is 19.1. The third-order valence-electron chi connectivity index (χ3n) is 5.17. The van der Waals surface area contributed by atoms with Gasteiger partial charge in [-0.3, -0.25) is 4.79 Å². The topological polar surface area (TPSA) is 63.1 Å². The number of nitrogens with zero attached hydrogens (tertiary/aromatic N) is 4. The molecular weight excluding hydrogens is 345 g/mol. The van der Waals surface area contributed by atoms with Crippen LogP contribution in [0.25, 0.3) is 0 Å². The zero-order valence-electron chi connectivity index (χ0n) is 16.1. The number of halogens is 1. The zero-order valence-corrected chi connectivity index (χ0v) is 16.1. The van der Waals surface area contributed by atoms with Crippen molar-refractivity contribution in [3.8, 4) is 0 Å². The standard InChI is InChI=1S/C20H28FN5O/c1-15-5-3-11-25(13-15)12-4-10-22-20(27)19-14-26(24-23-19)16(2)17-6-8-18(21)9-7-17/h6-9,14-16H,3-5,10-13H2,1-2H3,(H,22,27). The largest absolute Gasteiger partial charge is 0.351 e. The molecule has 0 saturated carbocycles. The van der Waals surface area contributed by atoms with Gasteiger partial charge in [0.2, 0.25) is 0 Å². The Bertz CT molecular complexity index is 745. The number of carbonyl (C=O) groups excluding carboxylic acids is 1. The van der Waals surface area contributed by atoms with Crippen molar-refractivity contribution in [2.24, 2.45) is 5.92 Å². The Kier molecular flexibility index (Phi) is 6.55. The van der Waals surface area contributed by atoms with Crippen LogP contribution >= 0.6 is 0 Å². The van der Waals surface area contributed by atoms with Crippen molar-refractivity contribution in [1.82, 2.24) is 25.2 Å². The van der Waals surface area contributed by atoms with Gasteiger partial charge in [-0.25, -0.2) is 9.07 Å². The number of likely N-dealkylation sites (tertiary alicyclic amines) is 1. The Hall–Kier alpha value is -2.28. The lowest BCUT2D eigenvalue weighted by atomic mass is 10.0. The number of amides is 1. The first kappa shape index (κ1) is 19.5. The Morgan fingerprint density at radius 1 is 1.37 bits per heavy atom. The third kappa shape index (κ3) is 5.35. The summed E-state index contributed by atoms with van der Waals surface area (Å²) in [5, 5.41) is 10.9. The van der Waals surface area contributed by atoms with Gasteiger partial charge in [0.05, 0.1) is 12.2 Å². The Balaban J connectivity index is 1.46. The monoisotopic (exact) mass is 373 g/mol. The highest BCUT2D eigenvalue weighted by Crippen LogP contribution is 2.17. The molecule has 0 aliphatic carbocycles. The summed E-state index contributed by atoms with van der Waals surface area (Å²) >= 11 is 0. The number of benzene rings is 1. The molecule has 0 bridgehead atoms. The summed E-state index contributed by atoms with van der Waals surface area (Å²) < 4.78 is 14.7. The Morgan fingerprint density at radius 3 is 2.89 bits per heavy atom. The lowest BCUT2D eigenvalue weighted by Gasteiger charge is -2.30. The van der Waals surface area contributed by atoms with Gasteiger partial charge in [-0.2, -0.15) is 0 Å². The van der Waals surface area contributed by atoms with Crippen molar-refractivity contribution >= 4 is 5.91 Å². The quantitative estimate of drug-likeness (QED) is 0.758. The number of piperidine rings is 1. The molecule has 146 valence electrons. The maximum absolute atomic E-state index is 13.1. The van der Waals surface area contributed by atoms with Gasteiger partial charge in [-0.1, -0.05) is 24.3 Å².